The predicted octanol–water partition coefficient (Wildman–Crippen LogP) is -0.410. The van der Waals surface area contributed by atoms with Gasteiger partial charge in [0.15, 0.2) is 0 Å². The van der Waals surface area contributed by atoms with Crippen molar-refractivity contribution in [2.24, 2.45) is 11.5 Å². The van der Waals surface area contributed by atoms with Crippen molar-refractivity contribution in [3.05, 3.63) is 0 Å². The highest BCUT2D eigenvalue weighted by Crippen LogP contribution is 2.24. The summed E-state index contributed by atoms with van der Waals surface area (Å²) in [5.41, 5.74) is 10.4. The van der Waals surface area contributed by atoms with Gasteiger partial charge in [-0.2, -0.15) is 0 Å². The van der Waals surface area contributed by atoms with Gasteiger partial charge in [0.1, 0.15) is 0 Å². The number of hydrogen-bond acceptors (Lipinski definition) is 3. The van der Waals surface area contributed by atoms with Crippen molar-refractivity contribution in [1.82, 2.24) is 4.90 Å². The van der Waals surface area contributed by atoms with E-state index in [1.54, 1.807) is 6.92 Å². The van der Waals surface area contributed by atoms with E-state index in [9.17, 15) is 9.59 Å². The van der Waals surface area contributed by atoms with Gasteiger partial charge in [-0.1, -0.05) is 12.8 Å². The fourth-order valence-corrected chi connectivity index (χ4v) is 2.16. The molecule has 1 saturated carbocycles. The Kier molecular flexibility index (Phi) is 4.08. The Morgan fingerprint density at radius 1 is 1.33 bits per heavy atom. The predicted molar refractivity (Wildman–Crippen MR) is 56.8 cm³/mol. The second kappa shape index (κ2) is 5.11. The lowest BCUT2D eigenvalue weighted by Crippen LogP contribution is -2.50. The van der Waals surface area contributed by atoms with Gasteiger partial charge >= 0.3 is 0 Å². The third kappa shape index (κ3) is 3.20. The fourth-order valence-electron chi connectivity index (χ4n) is 2.16. The largest absolute Gasteiger partial charge is 0.369 e. The number of nitrogens with two attached hydrogens (primary N) is 2. The summed E-state index contributed by atoms with van der Waals surface area (Å²) in [5.74, 6) is -0.807. The minimum atomic E-state index is -0.416. The Balaban J connectivity index is 2.67. The molecule has 0 heterocycles. The molecule has 0 aromatic rings. The number of primary amides is 2. The molecule has 0 saturated heterocycles. The summed E-state index contributed by atoms with van der Waals surface area (Å²) in [4.78, 5) is 23.9. The highest BCUT2D eigenvalue weighted by molar-refractivity contribution is 5.81. The smallest absolute Gasteiger partial charge is 0.234 e. The van der Waals surface area contributed by atoms with Crippen LogP contribution in [0.4, 0.5) is 0 Å². The van der Waals surface area contributed by atoms with Crippen molar-refractivity contribution in [1.29, 1.82) is 0 Å². The molecule has 0 aromatic heterocycles. The summed E-state index contributed by atoms with van der Waals surface area (Å²) in [6.45, 7) is 1.85. The van der Waals surface area contributed by atoms with Gasteiger partial charge < -0.3 is 11.5 Å². The summed E-state index contributed by atoms with van der Waals surface area (Å²) in [6, 6.07) is -0.138. The maximum atomic E-state index is 11.1. The second-order valence-electron chi connectivity index (χ2n) is 4.16. The number of carbonyl (C=O) groups excluding carboxylic acids is 2. The number of hydrogen-bond donors (Lipinski definition) is 2. The standard InChI is InChI=1S/C10H19N3O2/c1-7(10(12)15)13(6-9(11)14)8-4-2-3-5-8/h7-8H,2-6H2,1H3,(H2,11,14)(H2,12,15). The van der Waals surface area contributed by atoms with E-state index in [-0.39, 0.29) is 12.6 Å². The molecular weight excluding hydrogens is 194 g/mol. The van der Waals surface area contributed by atoms with Crippen LogP contribution in [0.25, 0.3) is 0 Å². The Hall–Kier alpha value is -1.10. The van der Waals surface area contributed by atoms with Crippen LogP contribution in [0.2, 0.25) is 0 Å². The number of amides is 2. The molecule has 2 amide bonds. The zero-order valence-corrected chi connectivity index (χ0v) is 9.11. The lowest BCUT2D eigenvalue weighted by atomic mass is 10.1. The zero-order chi connectivity index (χ0) is 11.4. The van der Waals surface area contributed by atoms with Crippen LogP contribution in [0.1, 0.15) is 32.6 Å². The number of nitrogens with zero attached hydrogens (tertiary/aromatic N) is 1. The molecule has 0 aromatic carbocycles. The van der Waals surface area contributed by atoms with E-state index >= 15 is 0 Å². The zero-order valence-electron chi connectivity index (χ0n) is 9.11. The van der Waals surface area contributed by atoms with Gasteiger partial charge in [-0.15, -0.1) is 0 Å². The van der Waals surface area contributed by atoms with Crippen LogP contribution in [-0.2, 0) is 9.59 Å². The van der Waals surface area contributed by atoms with Crippen molar-refractivity contribution < 1.29 is 9.59 Å². The molecule has 5 nitrogen and oxygen atoms in total. The van der Waals surface area contributed by atoms with Crippen LogP contribution in [-0.4, -0.2) is 35.3 Å². The van der Waals surface area contributed by atoms with Gasteiger partial charge in [-0.25, -0.2) is 0 Å². The Morgan fingerprint density at radius 2 is 1.87 bits per heavy atom. The maximum Gasteiger partial charge on any atom is 0.234 e. The topological polar surface area (TPSA) is 89.4 Å². The Labute approximate surface area is 89.8 Å². The summed E-state index contributed by atoms with van der Waals surface area (Å²) >= 11 is 0. The number of carbonyl (C=O) groups is 2. The minimum Gasteiger partial charge on any atom is -0.369 e. The third-order valence-electron chi connectivity index (χ3n) is 3.04. The van der Waals surface area contributed by atoms with E-state index in [2.05, 4.69) is 0 Å². The molecule has 1 atom stereocenters. The monoisotopic (exact) mass is 213 g/mol. The highest BCUT2D eigenvalue weighted by Gasteiger charge is 2.29. The van der Waals surface area contributed by atoms with Gasteiger partial charge in [0, 0.05) is 6.04 Å². The fraction of sp³-hybridized carbons (Fsp3) is 0.800. The van der Waals surface area contributed by atoms with Crippen LogP contribution in [0, 0.1) is 0 Å². The normalized spacial score (nSPS) is 19.3. The first-order valence-electron chi connectivity index (χ1n) is 5.35. The minimum absolute atomic E-state index is 0.120. The Morgan fingerprint density at radius 3 is 2.27 bits per heavy atom. The van der Waals surface area contributed by atoms with Crippen LogP contribution in [0.15, 0.2) is 0 Å². The lowest BCUT2D eigenvalue weighted by Gasteiger charge is -2.31. The molecule has 1 fully saturated rings. The second-order valence-corrected chi connectivity index (χ2v) is 4.16. The van der Waals surface area contributed by atoms with Crippen LogP contribution in [0.5, 0.6) is 0 Å². The summed E-state index contributed by atoms with van der Waals surface area (Å²) in [6.07, 6.45) is 4.33. The van der Waals surface area contributed by atoms with Crippen molar-refractivity contribution in [3.8, 4) is 0 Å². The van der Waals surface area contributed by atoms with Crippen molar-refractivity contribution in [2.75, 3.05) is 6.54 Å². The summed E-state index contributed by atoms with van der Waals surface area (Å²) in [5, 5.41) is 0. The van der Waals surface area contributed by atoms with Crippen molar-refractivity contribution >= 4 is 11.8 Å². The average molecular weight is 213 g/mol. The molecule has 0 spiro atoms. The first-order chi connectivity index (χ1) is 7.02. The molecular formula is C10H19N3O2. The maximum absolute atomic E-state index is 11.1. The van der Waals surface area contributed by atoms with E-state index in [1.165, 1.54) is 0 Å². The lowest BCUT2D eigenvalue weighted by molar-refractivity contribution is -0.126. The molecule has 1 unspecified atom stereocenters. The van der Waals surface area contributed by atoms with Crippen LogP contribution in [0.3, 0.4) is 0 Å². The number of rotatable bonds is 5. The SMILES string of the molecule is CC(C(N)=O)N(CC(N)=O)C1CCCC1. The third-order valence-corrected chi connectivity index (χ3v) is 3.04. The summed E-state index contributed by atoms with van der Waals surface area (Å²) < 4.78 is 0. The molecule has 1 aliphatic carbocycles. The van der Waals surface area contributed by atoms with Gasteiger partial charge in [-0.05, 0) is 19.8 Å². The molecule has 4 N–H and O–H groups in total. The average Bonchev–Trinajstić information content (AvgIpc) is 2.65. The quantitative estimate of drug-likeness (QED) is 0.650. The van der Waals surface area contributed by atoms with E-state index in [0.717, 1.165) is 25.7 Å². The molecule has 1 rings (SSSR count). The van der Waals surface area contributed by atoms with Crippen LogP contribution >= 0.6 is 0 Å². The van der Waals surface area contributed by atoms with Gasteiger partial charge in [0.05, 0.1) is 12.6 Å². The van der Waals surface area contributed by atoms with Gasteiger partial charge in [-0.3, -0.25) is 14.5 Å². The molecule has 15 heavy (non-hydrogen) atoms. The van der Waals surface area contributed by atoms with Gasteiger partial charge in [0.25, 0.3) is 0 Å². The Bertz CT molecular complexity index is 249. The van der Waals surface area contributed by atoms with E-state index in [1.807, 2.05) is 4.90 Å². The van der Waals surface area contributed by atoms with Crippen molar-refractivity contribution in [3.63, 3.8) is 0 Å². The molecule has 0 aliphatic heterocycles. The van der Waals surface area contributed by atoms with E-state index in [4.69, 9.17) is 11.5 Å². The molecule has 5 heteroatoms. The highest BCUT2D eigenvalue weighted by atomic mass is 16.2. The first kappa shape index (κ1) is 12.0. The van der Waals surface area contributed by atoms with Crippen LogP contribution < -0.4 is 11.5 Å². The molecule has 86 valence electrons. The van der Waals surface area contributed by atoms with Crippen molar-refractivity contribution in [2.45, 2.75) is 44.7 Å². The van der Waals surface area contributed by atoms with E-state index < -0.39 is 17.9 Å². The molecule has 0 bridgehead atoms. The first-order valence-corrected chi connectivity index (χ1v) is 5.35. The van der Waals surface area contributed by atoms with E-state index in [0.29, 0.717) is 0 Å². The molecule has 0 radical (unpaired) electrons. The summed E-state index contributed by atoms with van der Waals surface area (Å²) in [7, 11) is 0. The van der Waals surface area contributed by atoms with Gasteiger partial charge in [0.2, 0.25) is 11.8 Å². The molecule has 1 aliphatic rings.